The number of imide groups is 2. The third-order valence-corrected chi connectivity index (χ3v) is 6.33. The number of amides is 6. The third-order valence-electron chi connectivity index (χ3n) is 6.33. The van der Waals surface area contributed by atoms with Crippen molar-refractivity contribution in [2.45, 2.75) is 0 Å². The van der Waals surface area contributed by atoms with Crippen molar-refractivity contribution in [1.82, 2.24) is 10.6 Å². The fourth-order valence-electron chi connectivity index (χ4n) is 4.26. The van der Waals surface area contributed by atoms with Gasteiger partial charge in [0.15, 0.2) is 5.88 Å². The first kappa shape index (κ1) is 25.1. The molecular weight excluding hydrogens is 530 g/mol. The van der Waals surface area contributed by atoms with Crippen LogP contribution in [0.15, 0.2) is 82.2 Å². The molecule has 2 aliphatic heterocycles. The highest BCUT2D eigenvalue weighted by atomic mass is 16.4. The Hall–Kier alpha value is -6.17. The summed E-state index contributed by atoms with van der Waals surface area (Å²) < 4.78 is 5.58. The molecule has 4 aromatic rings. The van der Waals surface area contributed by atoms with Crippen molar-refractivity contribution in [3.8, 4) is 0 Å². The average molecular weight is 547 g/mol. The summed E-state index contributed by atoms with van der Waals surface area (Å²) in [6.45, 7) is 0. The Morgan fingerprint density at radius 3 is 1.76 bits per heavy atom. The van der Waals surface area contributed by atoms with Gasteiger partial charge in [-0.2, -0.15) is 0 Å². The van der Waals surface area contributed by atoms with E-state index in [0.717, 1.165) is 0 Å². The van der Waals surface area contributed by atoms with Crippen molar-refractivity contribution in [3.05, 3.63) is 112 Å². The van der Waals surface area contributed by atoms with Gasteiger partial charge in [0, 0.05) is 22.9 Å². The minimum atomic E-state index is -0.556. The number of nitrogens with one attached hydrogen (secondary N) is 4. The Kier molecular flexibility index (Phi) is 6.04. The summed E-state index contributed by atoms with van der Waals surface area (Å²) in [6.07, 6.45) is 1.45. The maximum atomic E-state index is 12.6. The Morgan fingerprint density at radius 2 is 1.17 bits per heavy atom. The van der Waals surface area contributed by atoms with E-state index in [1.807, 2.05) is 0 Å². The van der Waals surface area contributed by atoms with E-state index in [9.17, 15) is 28.8 Å². The highest BCUT2D eigenvalue weighted by molar-refractivity contribution is 6.23. The molecule has 0 fully saturated rings. The predicted molar refractivity (Wildman–Crippen MR) is 145 cm³/mol. The molecule has 0 saturated heterocycles. The Morgan fingerprint density at radius 1 is 0.634 bits per heavy atom. The molecule has 0 unspecified atom stereocenters. The second-order valence-corrected chi connectivity index (χ2v) is 9.00. The van der Waals surface area contributed by atoms with Crippen molar-refractivity contribution in [1.29, 1.82) is 0 Å². The number of carbonyl (C=O) groups is 6. The van der Waals surface area contributed by atoms with Crippen LogP contribution in [0.3, 0.4) is 0 Å². The van der Waals surface area contributed by atoms with Crippen molar-refractivity contribution >= 4 is 58.9 Å². The fourth-order valence-corrected chi connectivity index (χ4v) is 4.26. The summed E-state index contributed by atoms with van der Waals surface area (Å²) in [4.78, 5) is 76.6. The smallest absolute Gasteiger partial charge is 0.258 e. The van der Waals surface area contributed by atoms with E-state index in [4.69, 9.17) is 4.42 Å². The molecule has 0 radical (unpaired) electrons. The quantitative estimate of drug-likeness (QED) is 0.211. The summed E-state index contributed by atoms with van der Waals surface area (Å²) in [6, 6.07) is 18.2. The maximum Gasteiger partial charge on any atom is 0.258 e. The van der Waals surface area contributed by atoms with Crippen molar-refractivity contribution < 1.29 is 33.2 Å². The van der Waals surface area contributed by atoms with Gasteiger partial charge in [0.05, 0.1) is 34.2 Å². The van der Waals surface area contributed by atoms with E-state index in [-0.39, 0.29) is 39.3 Å². The number of carbonyl (C=O) groups excluding carboxylic acids is 6. The van der Waals surface area contributed by atoms with Crippen LogP contribution in [0.2, 0.25) is 0 Å². The van der Waals surface area contributed by atoms with Crippen LogP contribution in [0, 0.1) is 0 Å². The molecule has 200 valence electrons. The molecule has 12 nitrogen and oxygen atoms in total. The highest BCUT2D eigenvalue weighted by Gasteiger charge is 2.28. The van der Waals surface area contributed by atoms with E-state index in [1.54, 1.807) is 36.4 Å². The topological polar surface area (TPSA) is 176 Å². The Bertz CT molecular complexity index is 1850. The van der Waals surface area contributed by atoms with Gasteiger partial charge in [0.25, 0.3) is 35.4 Å². The zero-order valence-electron chi connectivity index (χ0n) is 20.8. The molecule has 41 heavy (non-hydrogen) atoms. The number of nitrogens with zero attached hydrogens (tertiary/aromatic N) is 1. The van der Waals surface area contributed by atoms with Crippen molar-refractivity contribution in [3.63, 3.8) is 0 Å². The summed E-state index contributed by atoms with van der Waals surface area (Å²) in [5, 5.41) is 9.67. The third kappa shape index (κ3) is 4.88. The lowest BCUT2D eigenvalue weighted by atomic mass is 10.1. The molecule has 1 aromatic heterocycles. The van der Waals surface area contributed by atoms with Gasteiger partial charge in [0.2, 0.25) is 0 Å². The molecule has 6 amide bonds. The molecule has 0 aliphatic carbocycles. The second-order valence-electron chi connectivity index (χ2n) is 9.00. The number of anilines is 2. The molecule has 3 aromatic carbocycles. The molecule has 0 saturated carbocycles. The largest absolute Gasteiger partial charge is 0.439 e. The van der Waals surface area contributed by atoms with E-state index in [2.05, 4.69) is 26.3 Å². The molecule has 0 bridgehead atoms. The van der Waals surface area contributed by atoms with Crippen molar-refractivity contribution in [2.75, 3.05) is 10.6 Å². The normalized spacial score (nSPS) is 13.6. The summed E-state index contributed by atoms with van der Waals surface area (Å²) in [5.41, 5.74) is 2.20. The first-order chi connectivity index (χ1) is 19.7. The van der Waals surface area contributed by atoms with Crippen LogP contribution in [0.1, 0.15) is 67.9 Å². The van der Waals surface area contributed by atoms with Crippen LogP contribution >= 0.6 is 0 Å². The molecule has 3 heterocycles. The second kappa shape index (κ2) is 9.85. The number of furan rings is 1. The standard InChI is InChI=1S/C29H17N5O7/c35-24(14-1-8-19-21(11-14)28(39)33-26(19)37)31-17-5-3-16(4-6-17)30-13-18-7-10-23(41-18)32-25(36)15-2-9-20-22(12-15)29(40)34-27(20)38/h1-13H,(H,31,35)(H,32,36)(H,33,37,39)(H,34,38,40)/b30-13+. The average Bonchev–Trinajstić information content (AvgIpc) is 3.62. The summed E-state index contributed by atoms with van der Waals surface area (Å²) >= 11 is 0. The Labute approximate surface area is 230 Å². The number of hydrogen-bond acceptors (Lipinski definition) is 8. The van der Waals surface area contributed by atoms with Crippen LogP contribution < -0.4 is 21.3 Å². The van der Waals surface area contributed by atoms with E-state index < -0.39 is 35.4 Å². The van der Waals surface area contributed by atoms with Gasteiger partial charge in [-0.15, -0.1) is 0 Å². The molecule has 12 heteroatoms. The molecule has 0 atom stereocenters. The van der Waals surface area contributed by atoms with Gasteiger partial charge in [0.1, 0.15) is 5.76 Å². The van der Waals surface area contributed by atoms with Gasteiger partial charge in [-0.25, -0.2) is 0 Å². The summed E-state index contributed by atoms with van der Waals surface area (Å²) in [7, 11) is 0. The lowest BCUT2D eigenvalue weighted by Crippen LogP contribution is -2.19. The lowest BCUT2D eigenvalue weighted by Gasteiger charge is -2.06. The van der Waals surface area contributed by atoms with Crippen LogP contribution in [-0.2, 0) is 0 Å². The zero-order chi connectivity index (χ0) is 28.7. The van der Waals surface area contributed by atoms with Crippen LogP contribution in [0.25, 0.3) is 0 Å². The van der Waals surface area contributed by atoms with Crippen LogP contribution in [0.4, 0.5) is 17.3 Å². The highest BCUT2D eigenvalue weighted by Crippen LogP contribution is 2.22. The summed E-state index contributed by atoms with van der Waals surface area (Å²) in [5.74, 6) is -2.54. The minimum Gasteiger partial charge on any atom is -0.439 e. The van der Waals surface area contributed by atoms with Gasteiger partial charge in [-0.1, -0.05) is 0 Å². The van der Waals surface area contributed by atoms with Gasteiger partial charge >= 0.3 is 0 Å². The number of hydrogen-bond donors (Lipinski definition) is 4. The van der Waals surface area contributed by atoms with Crippen LogP contribution in [0.5, 0.6) is 0 Å². The molecule has 0 spiro atoms. The van der Waals surface area contributed by atoms with Gasteiger partial charge in [-0.3, -0.25) is 49.7 Å². The molecule has 6 rings (SSSR count). The van der Waals surface area contributed by atoms with Crippen molar-refractivity contribution in [2.24, 2.45) is 4.99 Å². The lowest BCUT2D eigenvalue weighted by molar-refractivity contribution is 0.0863. The SMILES string of the molecule is O=C(Nc1ccc(/N=C/c2ccc(NC(=O)c3ccc4c(c3)C(=O)NC4=O)o2)cc1)c1ccc2c(c1)C(=O)NC2=O. The van der Waals surface area contributed by atoms with Gasteiger partial charge in [-0.05, 0) is 66.7 Å². The minimum absolute atomic E-state index is 0.135. The number of benzene rings is 3. The maximum absolute atomic E-state index is 12.6. The number of aliphatic imine (C=N–C) groups is 1. The molecular formula is C29H17N5O7. The predicted octanol–water partition coefficient (Wildman–Crippen LogP) is 3.30. The zero-order valence-corrected chi connectivity index (χ0v) is 20.8. The number of fused-ring (bicyclic) bond motifs is 2. The number of rotatable bonds is 6. The fraction of sp³-hybridized carbons (Fsp3) is 0. The molecule has 4 N–H and O–H groups in total. The Balaban J connectivity index is 1.06. The van der Waals surface area contributed by atoms with Crippen LogP contribution in [-0.4, -0.2) is 41.7 Å². The van der Waals surface area contributed by atoms with E-state index in [0.29, 0.717) is 17.1 Å². The monoisotopic (exact) mass is 547 g/mol. The van der Waals surface area contributed by atoms with Gasteiger partial charge < -0.3 is 9.73 Å². The van der Waals surface area contributed by atoms with E-state index >= 15 is 0 Å². The molecule has 2 aliphatic rings. The first-order valence-corrected chi connectivity index (χ1v) is 12.1. The first-order valence-electron chi connectivity index (χ1n) is 12.1. The van der Waals surface area contributed by atoms with E-state index in [1.165, 1.54) is 42.6 Å².